The molecule has 0 atom stereocenters. The van der Waals surface area contributed by atoms with Crippen molar-refractivity contribution in [2.24, 2.45) is 0 Å². The lowest BCUT2D eigenvalue weighted by Gasteiger charge is -2.24. The molecule has 0 aromatic heterocycles. The molecule has 2 rings (SSSR count). The fraction of sp³-hybridized carbons (Fsp3) is 0.429. The number of benzene rings is 1. The number of ketones is 1. The largest absolute Gasteiger partial charge is 0.481 e. The molecule has 1 aliphatic carbocycles. The van der Waals surface area contributed by atoms with E-state index in [1.165, 1.54) is 6.92 Å². The Bertz CT molecular complexity index is 439. The van der Waals surface area contributed by atoms with Gasteiger partial charge in [-0.15, -0.1) is 0 Å². The van der Waals surface area contributed by atoms with Crippen LogP contribution < -0.4 is 0 Å². The molecule has 3 heteroatoms. The second kappa shape index (κ2) is 4.32. The van der Waals surface area contributed by atoms with Crippen LogP contribution in [0.3, 0.4) is 0 Å². The highest BCUT2D eigenvalue weighted by molar-refractivity contribution is 5.94. The molecule has 0 spiro atoms. The maximum atomic E-state index is 11.5. The van der Waals surface area contributed by atoms with Crippen molar-refractivity contribution in [3.05, 3.63) is 35.4 Å². The van der Waals surface area contributed by atoms with E-state index >= 15 is 0 Å². The van der Waals surface area contributed by atoms with Gasteiger partial charge in [0.2, 0.25) is 0 Å². The smallest absolute Gasteiger partial charge is 0.314 e. The maximum absolute atomic E-state index is 11.5. The second-order valence-corrected chi connectivity index (χ2v) is 4.73. The number of carboxylic acid groups (broad SMARTS) is 1. The number of aliphatic carboxylic acids is 1. The van der Waals surface area contributed by atoms with E-state index in [1.807, 2.05) is 0 Å². The standard InChI is InChI=1S/C14H16O3/c1-10(15)11-4-6-12(7-5-11)14(13(16)17)8-2-3-9-14/h4-7H,2-3,8-9H2,1H3,(H,16,17). The van der Waals surface area contributed by atoms with Crippen molar-refractivity contribution in [2.75, 3.05) is 0 Å². The molecule has 0 saturated heterocycles. The van der Waals surface area contributed by atoms with Crippen molar-refractivity contribution in [3.8, 4) is 0 Å². The Labute approximate surface area is 100 Å². The number of hydrogen-bond acceptors (Lipinski definition) is 2. The third kappa shape index (κ3) is 1.97. The van der Waals surface area contributed by atoms with Gasteiger partial charge in [0.25, 0.3) is 0 Å². The molecular formula is C14H16O3. The lowest BCUT2D eigenvalue weighted by Crippen LogP contribution is -2.32. The Balaban J connectivity index is 2.38. The Kier molecular flexibility index (Phi) is 3.01. The van der Waals surface area contributed by atoms with Crippen LogP contribution in [0.5, 0.6) is 0 Å². The molecule has 0 radical (unpaired) electrons. The SMILES string of the molecule is CC(=O)c1ccc(C2(C(=O)O)CCCC2)cc1. The van der Waals surface area contributed by atoms with Gasteiger partial charge in [0.05, 0.1) is 5.41 Å². The molecule has 3 nitrogen and oxygen atoms in total. The lowest BCUT2D eigenvalue weighted by atomic mass is 9.78. The number of carbonyl (C=O) groups is 2. The summed E-state index contributed by atoms with van der Waals surface area (Å²) in [7, 11) is 0. The minimum Gasteiger partial charge on any atom is -0.481 e. The zero-order valence-corrected chi connectivity index (χ0v) is 9.90. The highest BCUT2D eigenvalue weighted by Crippen LogP contribution is 2.41. The Morgan fingerprint density at radius 2 is 1.65 bits per heavy atom. The van der Waals surface area contributed by atoms with E-state index in [0.29, 0.717) is 18.4 Å². The predicted molar refractivity (Wildman–Crippen MR) is 64.2 cm³/mol. The Morgan fingerprint density at radius 3 is 2.06 bits per heavy atom. The average molecular weight is 232 g/mol. The minimum atomic E-state index is -0.745. The minimum absolute atomic E-state index is 0.00680. The van der Waals surface area contributed by atoms with E-state index in [2.05, 4.69) is 0 Å². The molecule has 1 aromatic rings. The number of carbonyl (C=O) groups excluding carboxylic acids is 1. The van der Waals surface area contributed by atoms with Crippen LogP contribution in [0.4, 0.5) is 0 Å². The fourth-order valence-electron chi connectivity index (χ4n) is 2.63. The van der Waals surface area contributed by atoms with E-state index in [9.17, 15) is 14.7 Å². The molecule has 0 unspecified atom stereocenters. The van der Waals surface area contributed by atoms with Gasteiger partial charge in [-0.25, -0.2) is 0 Å². The van der Waals surface area contributed by atoms with Crippen LogP contribution >= 0.6 is 0 Å². The van der Waals surface area contributed by atoms with Crippen molar-refractivity contribution in [1.82, 2.24) is 0 Å². The van der Waals surface area contributed by atoms with Gasteiger partial charge in [-0.1, -0.05) is 37.1 Å². The number of hydrogen-bond donors (Lipinski definition) is 1. The van der Waals surface area contributed by atoms with Gasteiger partial charge in [-0.2, -0.15) is 0 Å². The first-order chi connectivity index (χ1) is 8.06. The summed E-state index contributed by atoms with van der Waals surface area (Å²) in [5.74, 6) is -0.738. The Hall–Kier alpha value is -1.64. The van der Waals surface area contributed by atoms with Gasteiger partial charge >= 0.3 is 5.97 Å². The van der Waals surface area contributed by atoms with Gasteiger partial charge in [0.1, 0.15) is 0 Å². The molecule has 1 N–H and O–H groups in total. The van der Waals surface area contributed by atoms with Crippen molar-refractivity contribution < 1.29 is 14.7 Å². The Morgan fingerprint density at radius 1 is 1.12 bits per heavy atom. The molecule has 1 fully saturated rings. The number of rotatable bonds is 3. The molecule has 0 amide bonds. The molecule has 0 bridgehead atoms. The molecule has 0 aliphatic heterocycles. The van der Waals surface area contributed by atoms with Crippen LogP contribution in [0, 0.1) is 0 Å². The monoisotopic (exact) mass is 232 g/mol. The molecule has 1 saturated carbocycles. The summed E-state index contributed by atoms with van der Waals surface area (Å²) in [6.45, 7) is 1.51. The topological polar surface area (TPSA) is 54.4 Å². The van der Waals surface area contributed by atoms with E-state index in [0.717, 1.165) is 18.4 Å². The van der Waals surface area contributed by atoms with E-state index in [-0.39, 0.29) is 5.78 Å². The summed E-state index contributed by atoms with van der Waals surface area (Å²) in [4.78, 5) is 22.7. The zero-order valence-electron chi connectivity index (χ0n) is 9.90. The molecule has 0 heterocycles. The van der Waals surface area contributed by atoms with Crippen LogP contribution in [0.1, 0.15) is 48.5 Å². The molecule has 1 aliphatic rings. The van der Waals surface area contributed by atoms with E-state index < -0.39 is 11.4 Å². The van der Waals surface area contributed by atoms with Crippen LogP contribution in [-0.2, 0) is 10.2 Å². The summed E-state index contributed by atoms with van der Waals surface area (Å²) in [6.07, 6.45) is 3.31. The van der Waals surface area contributed by atoms with Crippen LogP contribution in [0.15, 0.2) is 24.3 Å². The van der Waals surface area contributed by atoms with Gasteiger partial charge in [-0.05, 0) is 25.3 Å². The van der Waals surface area contributed by atoms with Crippen molar-refractivity contribution in [2.45, 2.75) is 38.0 Å². The highest BCUT2D eigenvalue weighted by Gasteiger charge is 2.42. The number of Topliss-reactive ketones (excluding diaryl/α,β-unsaturated/α-hetero) is 1. The maximum Gasteiger partial charge on any atom is 0.314 e. The van der Waals surface area contributed by atoms with Gasteiger partial charge in [-0.3, -0.25) is 9.59 Å². The third-order valence-corrected chi connectivity index (χ3v) is 3.71. The van der Waals surface area contributed by atoms with Crippen LogP contribution in [-0.4, -0.2) is 16.9 Å². The first-order valence-electron chi connectivity index (χ1n) is 5.91. The fourth-order valence-corrected chi connectivity index (χ4v) is 2.63. The van der Waals surface area contributed by atoms with E-state index in [1.54, 1.807) is 24.3 Å². The first-order valence-corrected chi connectivity index (χ1v) is 5.91. The van der Waals surface area contributed by atoms with Crippen molar-refractivity contribution in [3.63, 3.8) is 0 Å². The van der Waals surface area contributed by atoms with Crippen LogP contribution in [0.25, 0.3) is 0 Å². The second-order valence-electron chi connectivity index (χ2n) is 4.73. The summed E-state index contributed by atoms with van der Waals surface area (Å²) >= 11 is 0. The van der Waals surface area contributed by atoms with Crippen LogP contribution in [0.2, 0.25) is 0 Å². The zero-order chi connectivity index (χ0) is 12.5. The summed E-state index contributed by atoms with van der Waals surface area (Å²) in [5, 5.41) is 9.43. The predicted octanol–water partition coefficient (Wildman–Crippen LogP) is 2.79. The lowest BCUT2D eigenvalue weighted by molar-refractivity contribution is -0.143. The van der Waals surface area contributed by atoms with Crippen molar-refractivity contribution >= 4 is 11.8 Å². The third-order valence-electron chi connectivity index (χ3n) is 3.71. The molecule has 90 valence electrons. The first kappa shape index (κ1) is 11.8. The normalized spacial score (nSPS) is 17.9. The molecular weight excluding hydrogens is 216 g/mol. The highest BCUT2D eigenvalue weighted by atomic mass is 16.4. The molecule has 17 heavy (non-hydrogen) atoms. The van der Waals surface area contributed by atoms with Gasteiger partial charge in [0, 0.05) is 5.56 Å². The van der Waals surface area contributed by atoms with E-state index in [4.69, 9.17) is 0 Å². The number of carboxylic acids is 1. The summed E-state index contributed by atoms with van der Waals surface area (Å²) in [6, 6.07) is 7.02. The molecule has 1 aromatic carbocycles. The van der Waals surface area contributed by atoms with Crippen molar-refractivity contribution in [1.29, 1.82) is 0 Å². The van der Waals surface area contributed by atoms with Gasteiger partial charge in [0.15, 0.2) is 5.78 Å². The average Bonchev–Trinajstić information content (AvgIpc) is 2.79. The quantitative estimate of drug-likeness (QED) is 0.815. The summed E-state index contributed by atoms with van der Waals surface area (Å²) < 4.78 is 0. The van der Waals surface area contributed by atoms with Gasteiger partial charge < -0.3 is 5.11 Å². The summed E-state index contributed by atoms with van der Waals surface area (Å²) in [5.41, 5.74) is 0.731.